The summed E-state index contributed by atoms with van der Waals surface area (Å²) in [6.07, 6.45) is 17.4. The molecule has 4 heteroatoms. The Morgan fingerprint density at radius 1 is 0.688 bits per heavy atom. The quantitative estimate of drug-likeness (QED) is 0.158. The van der Waals surface area contributed by atoms with Gasteiger partial charge in [0.2, 0.25) is 0 Å². The molecule has 1 rings (SSSR count). The molecule has 32 heavy (non-hydrogen) atoms. The van der Waals surface area contributed by atoms with Crippen molar-refractivity contribution in [2.24, 2.45) is 0 Å². The Balaban J connectivity index is 2.30. The highest BCUT2D eigenvalue weighted by atomic mass is 16.5. The predicted octanol–water partition coefficient (Wildman–Crippen LogP) is 8.28. The van der Waals surface area contributed by atoms with E-state index in [1.165, 1.54) is 57.8 Å². The van der Waals surface area contributed by atoms with E-state index in [4.69, 9.17) is 9.47 Å². The van der Waals surface area contributed by atoms with Crippen molar-refractivity contribution in [2.75, 3.05) is 6.61 Å². The maximum Gasteiger partial charge on any atom is 0.339 e. The molecule has 0 radical (unpaired) electrons. The van der Waals surface area contributed by atoms with E-state index in [0.717, 1.165) is 38.5 Å². The number of rotatable bonds is 19. The Bertz CT molecular complexity index is 626. The lowest BCUT2D eigenvalue weighted by atomic mass is 10.1. The molecule has 0 heterocycles. The van der Waals surface area contributed by atoms with Gasteiger partial charge < -0.3 is 9.47 Å². The summed E-state index contributed by atoms with van der Waals surface area (Å²) in [4.78, 5) is 25.2. The first-order valence-corrected chi connectivity index (χ1v) is 13.1. The number of carbonyl (C=O) groups excluding carboxylic acids is 2. The van der Waals surface area contributed by atoms with Gasteiger partial charge in [0.25, 0.3) is 0 Å². The summed E-state index contributed by atoms with van der Waals surface area (Å²) < 4.78 is 11.1. The van der Waals surface area contributed by atoms with Gasteiger partial charge in [-0.15, -0.1) is 0 Å². The zero-order chi connectivity index (χ0) is 23.4. The largest absolute Gasteiger partial charge is 0.462 e. The molecule has 0 aliphatic heterocycles. The maximum atomic E-state index is 12.6. The number of carbonyl (C=O) groups is 2. The van der Waals surface area contributed by atoms with Crippen LogP contribution in [0.15, 0.2) is 24.3 Å². The van der Waals surface area contributed by atoms with Gasteiger partial charge in [-0.05, 0) is 31.4 Å². The standard InChI is InChI=1S/C28H46O4/c1-4-7-9-10-11-12-13-14-15-16-19-23-31-27(29)25-21-17-18-22-26(25)28(30)32-24(6-3)20-8-5-2/h17-18,21-22,24H,4-16,19-20,23H2,1-3H3. The lowest BCUT2D eigenvalue weighted by Gasteiger charge is -2.17. The molecule has 1 aromatic rings. The minimum absolute atomic E-state index is 0.108. The van der Waals surface area contributed by atoms with Gasteiger partial charge in [-0.3, -0.25) is 0 Å². The van der Waals surface area contributed by atoms with Crippen LogP contribution >= 0.6 is 0 Å². The van der Waals surface area contributed by atoms with Crippen LogP contribution in [0.2, 0.25) is 0 Å². The smallest absolute Gasteiger partial charge is 0.339 e. The monoisotopic (exact) mass is 446 g/mol. The fraction of sp³-hybridized carbons (Fsp3) is 0.714. The minimum Gasteiger partial charge on any atom is -0.462 e. The molecular weight excluding hydrogens is 400 g/mol. The zero-order valence-corrected chi connectivity index (χ0v) is 20.8. The van der Waals surface area contributed by atoms with Gasteiger partial charge in [0.15, 0.2) is 0 Å². The van der Waals surface area contributed by atoms with E-state index < -0.39 is 11.9 Å². The second kappa shape index (κ2) is 18.7. The normalized spacial score (nSPS) is 11.8. The lowest BCUT2D eigenvalue weighted by Crippen LogP contribution is -2.20. The summed E-state index contributed by atoms with van der Waals surface area (Å²) in [6.45, 7) is 6.78. The molecule has 182 valence electrons. The molecule has 0 amide bonds. The van der Waals surface area contributed by atoms with Crippen molar-refractivity contribution in [3.8, 4) is 0 Å². The van der Waals surface area contributed by atoms with Gasteiger partial charge in [0.1, 0.15) is 6.10 Å². The molecule has 0 N–H and O–H groups in total. The van der Waals surface area contributed by atoms with Crippen LogP contribution in [0.25, 0.3) is 0 Å². The van der Waals surface area contributed by atoms with E-state index in [-0.39, 0.29) is 6.10 Å². The van der Waals surface area contributed by atoms with Gasteiger partial charge >= 0.3 is 11.9 Å². The van der Waals surface area contributed by atoms with Gasteiger partial charge in [-0.1, -0.05) is 110 Å². The molecule has 0 saturated heterocycles. The van der Waals surface area contributed by atoms with Crippen LogP contribution in [0, 0.1) is 0 Å². The van der Waals surface area contributed by atoms with E-state index in [0.29, 0.717) is 17.7 Å². The van der Waals surface area contributed by atoms with E-state index in [1.54, 1.807) is 24.3 Å². The Kier molecular flexibility index (Phi) is 16.5. The first kappa shape index (κ1) is 28.2. The Morgan fingerprint density at radius 2 is 1.19 bits per heavy atom. The van der Waals surface area contributed by atoms with Gasteiger partial charge in [0, 0.05) is 0 Å². The number of unbranched alkanes of at least 4 members (excludes halogenated alkanes) is 11. The van der Waals surface area contributed by atoms with Crippen LogP contribution in [-0.4, -0.2) is 24.6 Å². The summed E-state index contributed by atoms with van der Waals surface area (Å²) >= 11 is 0. The van der Waals surface area contributed by atoms with Gasteiger partial charge in [0.05, 0.1) is 17.7 Å². The minimum atomic E-state index is -0.439. The summed E-state index contributed by atoms with van der Waals surface area (Å²) in [5.41, 5.74) is 0.595. The second-order valence-corrected chi connectivity index (χ2v) is 8.79. The lowest BCUT2D eigenvalue weighted by molar-refractivity contribution is 0.0258. The molecule has 1 unspecified atom stereocenters. The molecular formula is C28H46O4. The van der Waals surface area contributed by atoms with Crippen LogP contribution in [0.5, 0.6) is 0 Å². The molecule has 0 bridgehead atoms. The van der Waals surface area contributed by atoms with Crippen LogP contribution in [0.1, 0.15) is 138 Å². The average Bonchev–Trinajstić information content (AvgIpc) is 2.82. The van der Waals surface area contributed by atoms with Gasteiger partial charge in [-0.2, -0.15) is 0 Å². The Morgan fingerprint density at radius 3 is 1.72 bits per heavy atom. The van der Waals surface area contributed by atoms with Crippen LogP contribution in [0.4, 0.5) is 0 Å². The fourth-order valence-corrected chi connectivity index (χ4v) is 3.84. The molecule has 0 fully saturated rings. The fourth-order valence-electron chi connectivity index (χ4n) is 3.84. The van der Waals surface area contributed by atoms with E-state index >= 15 is 0 Å². The molecule has 0 saturated carbocycles. The van der Waals surface area contributed by atoms with Crippen molar-refractivity contribution in [1.29, 1.82) is 0 Å². The number of ether oxygens (including phenoxy) is 2. The number of benzene rings is 1. The first-order valence-electron chi connectivity index (χ1n) is 13.1. The van der Waals surface area contributed by atoms with Crippen molar-refractivity contribution in [2.45, 2.75) is 123 Å². The summed E-state index contributed by atoms with van der Waals surface area (Å²) in [5.74, 6) is -0.874. The second-order valence-electron chi connectivity index (χ2n) is 8.79. The van der Waals surface area contributed by atoms with Crippen LogP contribution < -0.4 is 0 Å². The van der Waals surface area contributed by atoms with Crippen molar-refractivity contribution >= 4 is 11.9 Å². The SMILES string of the molecule is CCCCCCCCCCCCCOC(=O)c1ccccc1C(=O)OC(CC)CCCC. The highest BCUT2D eigenvalue weighted by Crippen LogP contribution is 2.17. The van der Waals surface area contributed by atoms with Crippen molar-refractivity contribution in [1.82, 2.24) is 0 Å². The third kappa shape index (κ3) is 12.3. The average molecular weight is 447 g/mol. The molecule has 0 spiro atoms. The third-order valence-electron chi connectivity index (χ3n) is 5.96. The van der Waals surface area contributed by atoms with Crippen molar-refractivity contribution in [3.05, 3.63) is 35.4 Å². The van der Waals surface area contributed by atoms with E-state index in [9.17, 15) is 9.59 Å². The summed E-state index contributed by atoms with van der Waals surface area (Å²) in [5, 5.41) is 0. The van der Waals surface area contributed by atoms with E-state index in [1.807, 2.05) is 6.92 Å². The summed E-state index contributed by atoms with van der Waals surface area (Å²) in [6, 6.07) is 6.80. The molecule has 0 aromatic heterocycles. The molecule has 4 nitrogen and oxygen atoms in total. The molecule has 1 atom stereocenters. The first-order chi connectivity index (χ1) is 15.6. The van der Waals surface area contributed by atoms with Crippen LogP contribution in [0.3, 0.4) is 0 Å². The number of esters is 2. The number of hydrogen-bond acceptors (Lipinski definition) is 4. The highest BCUT2D eigenvalue weighted by molar-refractivity contribution is 6.03. The molecule has 0 aliphatic carbocycles. The number of hydrogen-bond donors (Lipinski definition) is 0. The van der Waals surface area contributed by atoms with E-state index in [2.05, 4.69) is 13.8 Å². The summed E-state index contributed by atoms with van der Waals surface area (Å²) in [7, 11) is 0. The van der Waals surface area contributed by atoms with Crippen LogP contribution in [-0.2, 0) is 9.47 Å². The highest BCUT2D eigenvalue weighted by Gasteiger charge is 2.21. The molecule has 0 aliphatic rings. The van der Waals surface area contributed by atoms with Crippen molar-refractivity contribution < 1.29 is 19.1 Å². The Labute approximate surface area is 196 Å². The Hall–Kier alpha value is -1.84. The maximum absolute atomic E-state index is 12.6. The predicted molar refractivity (Wildman–Crippen MR) is 132 cm³/mol. The third-order valence-corrected chi connectivity index (χ3v) is 5.96. The zero-order valence-electron chi connectivity index (χ0n) is 20.8. The topological polar surface area (TPSA) is 52.6 Å². The molecule has 1 aromatic carbocycles. The van der Waals surface area contributed by atoms with Crippen molar-refractivity contribution in [3.63, 3.8) is 0 Å². The van der Waals surface area contributed by atoms with Gasteiger partial charge in [-0.25, -0.2) is 9.59 Å².